The molecule has 0 atom stereocenters. The highest BCUT2D eigenvalue weighted by molar-refractivity contribution is 4.80. The first-order valence-electron chi connectivity index (χ1n) is 6.65. The van der Waals surface area contributed by atoms with Crippen LogP contribution in [-0.4, -0.2) is 6.61 Å². The highest BCUT2D eigenvalue weighted by atomic mass is 16.2. The fourth-order valence-electron chi connectivity index (χ4n) is 1.76. The summed E-state index contributed by atoms with van der Waals surface area (Å²) in [6, 6.07) is 0. The minimum Gasteiger partial charge on any atom is -0.232 e. The van der Waals surface area contributed by atoms with Crippen LogP contribution < -0.4 is 0 Å². The van der Waals surface area contributed by atoms with Crippen molar-refractivity contribution in [3.63, 3.8) is 0 Å². The van der Waals surface area contributed by atoms with E-state index >= 15 is 0 Å². The number of allylic oxidation sites excluding steroid dienone is 1. The zero-order chi connectivity index (χ0) is 11.2. The maximum absolute atomic E-state index is 10.1. The molecule has 0 aromatic carbocycles. The molecule has 0 N–H and O–H groups in total. The van der Waals surface area contributed by atoms with Gasteiger partial charge in [-0.05, 0) is 12.8 Å². The monoisotopic (exact) mass is 211 g/mol. The predicted molar refractivity (Wildman–Crippen MR) is 66.5 cm³/mol. The molecule has 0 unspecified atom stereocenters. The molecule has 0 heterocycles. The van der Waals surface area contributed by atoms with E-state index in [-0.39, 0.29) is 6.61 Å². The Labute approximate surface area is 95.6 Å². The highest BCUT2D eigenvalue weighted by Crippen LogP contribution is 2.10. The Hall–Kier alpha value is -0.300. The first-order chi connectivity index (χ1) is 7.41. The van der Waals surface area contributed by atoms with Gasteiger partial charge in [0, 0.05) is 0 Å². The van der Waals surface area contributed by atoms with Gasteiger partial charge in [-0.25, -0.2) is 5.11 Å². The van der Waals surface area contributed by atoms with Crippen molar-refractivity contribution in [3.05, 3.63) is 12.2 Å². The van der Waals surface area contributed by atoms with E-state index in [4.69, 9.17) is 0 Å². The van der Waals surface area contributed by atoms with Gasteiger partial charge in [0.2, 0.25) is 0 Å². The summed E-state index contributed by atoms with van der Waals surface area (Å²) < 4.78 is 0. The van der Waals surface area contributed by atoms with Crippen molar-refractivity contribution < 1.29 is 5.11 Å². The maximum Gasteiger partial charge on any atom is 0.100 e. The van der Waals surface area contributed by atoms with Crippen LogP contribution in [0.3, 0.4) is 0 Å². The van der Waals surface area contributed by atoms with E-state index in [1.165, 1.54) is 57.8 Å². The van der Waals surface area contributed by atoms with E-state index in [1.54, 1.807) is 6.08 Å². The van der Waals surface area contributed by atoms with Crippen LogP contribution in [0.5, 0.6) is 0 Å². The van der Waals surface area contributed by atoms with Crippen molar-refractivity contribution in [3.8, 4) is 0 Å². The second-order valence-corrected chi connectivity index (χ2v) is 4.26. The molecule has 0 aromatic rings. The molecule has 0 saturated heterocycles. The van der Waals surface area contributed by atoms with Crippen LogP contribution in [0.1, 0.15) is 71.1 Å². The molecule has 0 aromatic heterocycles. The summed E-state index contributed by atoms with van der Waals surface area (Å²) in [6.45, 7) is 2.20. The van der Waals surface area contributed by atoms with E-state index in [0.29, 0.717) is 0 Å². The molecule has 0 rings (SSSR count). The lowest BCUT2D eigenvalue weighted by molar-refractivity contribution is 0.232. The molecule has 0 saturated carbocycles. The van der Waals surface area contributed by atoms with E-state index in [9.17, 15) is 5.11 Å². The molecule has 89 valence electrons. The summed E-state index contributed by atoms with van der Waals surface area (Å²) in [4.78, 5) is 0. The maximum atomic E-state index is 10.1. The van der Waals surface area contributed by atoms with Crippen molar-refractivity contribution in [2.75, 3.05) is 6.61 Å². The molecular formula is C14H27O. The summed E-state index contributed by atoms with van der Waals surface area (Å²) >= 11 is 0. The molecule has 15 heavy (non-hydrogen) atoms. The van der Waals surface area contributed by atoms with Gasteiger partial charge in [-0.1, -0.05) is 70.4 Å². The van der Waals surface area contributed by atoms with Crippen LogP contribution in [0.25, 0.3) is 0 Å². The minimum atomic E-state index is -0.0581. The normalized spacial score (nSPS) is 11.3. The highest BCUT2D eigenvalue weighted by Gasteiger charge is 1.90. The quantitative estimate of drug-likeness (QED) is 0.342. The SMILES string of the molecule is CCCCCCCCCCCC=CC[O]. The van der Waals surface area contributed by atoms with Crippen LogP contribution in [0.4, 0.5) is 0 Å². The first-order valence-corrected chi connectivity index (χ1v) is 6.65. The largest absolute Gasteiger partial charge is 0.232 e. The Morgan fingerprint density at radius 1 is 0.733 bits per heavy atom. The third-order valence-electron chi connectivity index (χ3n) is 2.74. The Balaban J connectivity index is 2.89. The standard InChI is InChI=1S/C14H27O/c1-2-3-4-5-6-7-8-9-10-11-12-13-14-15/h12-13H,2-11,14H2,1H3. The van der Waals surface area contributed by atoms with Gasteiger partial charge < -0.3 is 0 Å². The number of rotatable bonds is 11. The molecule has 0 amide bonds. The summed E-state index contributed by atoms with van der Waals surface area (Å²) in [7, 11) is 0. The number of unbranched alkanes of at least 4 members (excludes halogenated alkanes) is 9. The van der Waals surface area contributed by atoms with E-state index in [0.717, 1.165) is 6.42 Å². The molecular weight excluding hydrogens is 184 g/mol. The average molecular weight is 211 g/mol. The van der Waals surface area contributed by atoms with E-state index < -0.39 is 0 Å². The molecule has 0 aliphatic carbocycles. The summed E-state index contributed by atoms with van der Waals surface area (Å²) in [5, 5.41) is 10.1. The third-order valence-corrected chi connectivity index (χ3v) is 2.74. The molecule has 0 spiro atoms. The average Bonchev–Trinajstić information content (AvgIpc) is 2.26. The Morgan fingerprint density at radius 2 is 1.27 bits per heavy atom. The van der Waals surface area contributed by atoms with Crippen molar-refractivity contribution in [2.45, 2.75) is 71.1 Å². The molecule has 1 radical (unpaired) electrons. The molecule has 0 aliphatic rings. The Kier molecular flexibility index (Phi) is 13.4. The van der Waals surface area contributed by atoms with Gasteiger partial charge in [0.15, 0.2) is 0 Å². The number of hydrogen-bond donors (Lipinski definition) is 0. The van der Waals surface area contributed by atoms with Crippen molar-refractivity contribution in [1.82, 2.24) is 0 Å². The predicted octanol–water partition coefficient (Wildman–Crippen LogP) is 4.89. The van der Waals surface area contributed by atoms with Gasteiger partial charge in [-0.15, -0.1) is 0 Å². The zero-order valence-corrected chi connectivity index (χ0v) is 10.3. The fourth-order valence-corrected chi connectivity index (χ4v) is 1.76. The van der Waals surface area contributed by atoms with Gasteiger partial charge in [0.05, 0.1) is 0 Å². The van der Waals surface area contributed by atoms with Gasteiger partial charge in [-0.2, -0.15) is 0 Å². The zero-order valence-electron chi connectivity index (χ0n) is 10.3. The molecule has 0 aliphatic heterocycles. The lowest BCUT2D eigenvalue weighted by Crippen LogP contribution is -1.80. The second-order valence-electron chi connectivity index (χ2n) is 4.26. The smallest absolute Gasteiger partial charge is 0.100 e. The minimum absolute atomic E-state index is 0.0581. The Morgan fingerprint density at radius 3 is 1.80 bits per heavy atom. The number of hydrogen-bond acceptors (Lipinski definition) is 0. The van der Waals surface area contributed by atoms with Gasteiger partial charge in [-0.3, -0.25) is 0 Å². The third kappa shape index (κ3) is 13.7. The fraction of sp³-hybridized carbons (Fsp3) is 0.857. The van der Waals surface area contributed by atoms with Crippen LogP contribution >= 0.6 is 0 Å². The molecule has 0 fully saturated rings. The van der Waals surface area contributed by atoms with Gasteiger partial charge in [0.1, 0.15) is 6.61 Å². The van der Waals surface area contributed by atoms with E-state index in [2.05, 4.69) is 6.92 Å². The van der Waals surface area contributed by atoms with Gasteiger partial charge in [0.25, 0.3) is 0 Å². The molecule has 1 heteroatoms. The molecule has 0 bridgehead atoms. The van der Waals surface area contributed by atoms with Crippen molar-refractivity contribution in [1.29, 1.82) is 0 Å². The summed E-state index contributed by atoms with van der Waals surface area (Å²) in [6.07, 6.45) is 17.2. The van der Waals surface area contributed by atoms with Crippen molar-refractivity contribution >= 4 is 0 Å². The lowest BCUT2D eigenvalue weighted by atomic mass is 10.1. The summed E-state index contributed by atoms with van der Waals surface area (Å²) in [5.74, 6) is 0. The van der Waals surface area contributed by atoms with Crippen LogP contribution in [0.15, 0.2) is 12.2 Å². The van der Waals surface area contributed by atoms with Crippen LogP contribution in [0, 0.1) is 0 Å². The Bertz CT molecular complexity index is 129. The molecule has 1 nitrogen and oxygen atoms in total. The summed E-state index contributed by atoms with van der Waals surface area (Å²) in [5.41, 5.74) is 0. The van der Waals surface area contributed by atoms with Gasteiger partial charge >= 0.3 is 0 Å². The van der Waals surface area contributed by atoms with Crippen LogP contribution in [-0.2, 0) is 5.11 Å². The van der Waals surface area contributed by atoms with E-state index in [1.807, 2.05) is 6.08 Å². The topological polar surface area (TPSA) is 19.9 Å². The van der Waals surface area contributed by atoms with Crippen LogP contribution in [0.2, 0.25) is 0 Å². The lowest BCUT2D eigenvalue weighted by Gasteiger charge is -2.00. The first kappa shape index (κ1) is 14.7. The van der Waals surface area contributed by atoms with Crippen molar-refractivity contribution in [2.24, 2.45) is 0 Å². The second kappa shape index (κ2) is 13.7.